The van der Waals surface area contributed by atoms with Crippen molar-refractivity contribution in [3.63, 3.8) is 0 Å². The molecule has 0 bridgehead atoms. The molecule has 0 fully saturated rings. The Morgan fingerprint density at radius 1 is 0.864 bits per heavy atom. The molecule has 0 aliphatic heterocycles. The first-order valence-corrected chi connectivity index (χ1v) is 8.08. The average Bonchev–Trinajstić information content (AvgIpc) is 2.52. The number of pyridine rings is 1. The summed E-state index contributed by atoms with van der Waals surface area (Å²) in [6, 6.07) is 17.8. The van der Waals surface area contributed by atoms with E-state index in [1.807, 2.05) is 36.4 Å². The summed E-state index contributed by atoms with van der Waals surface area (Å²) in [7, 11) is -4.24. The fourth-order valence-electron chi connectivity index (χ4n) is 2.20. The summed E-state index contributed by atoms with van der Waals surface area (Å²) in [5.41, 5.74) is 2.00. The van der Waals surface area contributed by atoms with Crippen molar-refractivity contribution in [2.24, 2.45) is 0 Å². The molecule has 5 heteroatoms. The molecule has 1 heterocycles. The van der Waals surface area contributed by atoms with Crippen LogP contribution in [0, 0.1) is 0 Å². The maximum atomic E-state index is 11.3. The number of benzene rings is 2. The topological polar surface area (TPSA) is 67.3 Å². The highest BCUT2D eigenvalue weighted by Crippen LogP contribution is 2.18. The molecule has 0 unspecified atom stereocenters. The van der Waals surface area contributed by atoms with Crippen LogP contribution in [0.2, 0.25) is 0 Å². The van der Waals surface area contributed by atoms with Crippen LogP contribution in [0.15, 0.2) is 65.6 Å². The van der Waals surface area contributed by atoms with E-state index in [9.17, 15) is 13.0 Å². The maximum Gasteiger partial charge on any atom is 0.295 e. The quantitative estimate of drug-likeness (QED) is 0.750. The molecule has 1 aromatic heterocycles. The first-order chi connectivity index (χ1) is 10.5. The monoisotopic (exact) mass is 311 g/mol. The highest BCUT2D eigenvalue weighted by molar-refractivity contribution is 7.85. The lowest BCUT2D eigenvalue weighted by atomic mass is 10.1. The second kappa shape index (κ2) is 5.71. The van der Waals surface area contributed by atoms with Crippen molar-refractivity contribution in [1.82, 2.24) is 4.98 Å². The van der Waals surface area contributed by atoms with Crippen molar-refractivity contribution in [3.05, 3.63) is 71.9 Å². The lowest BCUT2D eigenvalue weighted by Gasteiger charge is -2.02. The minimum Gasteiger partial charge on any atom is -0.282 e. The SMILES string of the molecule is O=S(=O)(O)c1ccccc1C=Cc1ccc2ccccc2n1. The summed E-state index contributed by atoms with van der Waals surface area (Å²) >= 11 is 0. The van der Waals surface area contributed by atoms with Crippen molar-refractivity contribution in [2.45, 2.75) is 4.90 Å². The standard InChI is InChI=1S/C17H13NO3S/c19-22(20,21)17-8-4-2-6-14(17)10-12-15-11-9-13-5-1-3-7-16(13)18-15/h1-12H,(H,19,20,21). The summed E-state index contributed by atoms with van der Waals surface area (Å²) < 4.78 is 31.9. The van der Waals surface area contributed by atoms with Gasteiger partial charge in [0, 0.05) is 5.39 Å². The number of rotatable bonds is 3. The summed E-state index contributed by atoms with van der Waals surface area (Å²) in [5, 5.41) is 1.04. The molecular weight excluding hydrogens is 298 g/mol. The van der Waals surface area contributed by atoms with Gasteiger partial charge in [0.25, 0.3) is 10.1 Å². The molecule has 0 spiro atoms. The zero-order valence-corrected chi connectivity index (χ0v) is 12.4. The van der Waals surface area contributed by atoms with E-state index in [2.05, 4.69) is 4.98 Å². The van der Waals surface area contributed by atoms with Crippen LogP contribution in [0.1, 0.15) is 11.3 Å². The third-order valence-electron chi connectivity index (χ3n) is 3.25. The van der Waals surface area contributed by atoms with E-state index in [1.165, 1.54) is 6.07 Å². The van der Waals surface area contributed by atoms with Gasteiger partial charge in [0.2, 0.25) is 0 Å². The Bertz CT molecular complexity index is 962. The number of aromatic nitrogens is 1. The van der Waals surface area contributed by atoms with Gasteiger partial charge in [-0.1, -0.05) is 48.5 Å². The van der Waals surface area contributed by atoms with Gasteiger partial charge in [-0.05, 0) is 29.8 Å². The Labute approximate surface area is 128 Å². The van der Waals surface area contributed by atoms with Crippen LogP contribution in [0.25, 0.3) is 23.1 Å². The first-order valence-electron chi connectivity index (χ1n) is 6.64. The zero-order valence-electron chi connectivity index (χ0n) is 11.5. The van der Waals surface area contributed by atoms with Crippen LogP contribution in [0.4, 0.5) is 0 Å². The predicted octanol–water partition coefficient (Wildman–Crippen LogP) is 3.65. The van der Waals surface area contributed by atoms with Gasteiger partial charge in [-0.2, -0.15) is 8.42 Å². The molecule has 2 aromatic carbocycles. The number of hydrogen-bond donors (Lipinski definition) is 1. The summed E-state index contributed by atoms with van der Waals surface area (Å²) in [6.07, 6.45) is 3.34. The van der Waals surface area contributed by atoms with Crippen LogP contribution in [-0.2, 0) is 10.1 Å². The van der Waals surface area contributed by atoms with Gasteiger partial charge in [-0.3, -0.25) is 4.55 Å². The molecule has 3 aromatic rings. The molecular formula is C17H13NO3S. The van der Waals surface area contributed by atoms with Crippen molar-refractivity contribution >= 4 is 33.2 Å². The Morgan fingerprint density at radius 2 is 1.59 bits per heavy atom. The average molecular weight is 311 g/mol. The van der Waals surface area contributed by atoms with Crippen LogP contribution in [-0.4, -0.2) is 18.0 Å². The molecule has 3 rings (SSSR count). The minimum atomic E-state index is -4.24. The smallest absolute Gasteiger partial charge is 0.282 e. The van der Waals surface area contributed by atoms with E-state index in [0.717, 1.165) is 10.9 Å². The predicted molar refractivity (Wildman–Crippen MR) is 86.9 cm³/mol. The Kier molecular flexibility index (Phi) is 3.75. The van der Waals surface area contributed by atoms with Gasteiger partial charge in [-0.15, -0.1) is 0 Å². The normalized spacial score (nSPS) is 12.0. The van der Waals surface area contributed by atoms with Crippen LogP contribution < -0.4 is 0 Å². The second-order valence-electron chi connectivity index (χ2n) is 4.78. The Balaban J connectivity index is 2.00. The lowest BCUT2D eigenvalue weighted by molar-refractivity contribution is 0.483. The molecule has 0 saturated carbocycles. The first kappa shape index (κ1) is 14.4. The maximum absolute atomic E-state index is 11.3. The number of fused-ring (bicyclic) bond motifs is 1. The van der Waals surface area contributed by atoms with Crippen LogP contribution in [0.5, 0.6) is 0 Å². The van der Waals surface area contributed by atoms with Gasteiger partial charge in [0.1, 0.15) is 4.90 Å². The number of nitrogens with zero attached hydrogens (tertiary/aromatic N) is 1. The number of hydrogen-bond acceptors (Lipinski definition) is 3. The fraction of sp³-hybridized carbons (Fsp3) is 0. The second-order valence-corrected chi connectivity index (χ2v) is 6.17. The van der Waals surface area contributed by atoms with E-state index >= 15 is 0 Å². The molecule has 0 atom stereocenters. The van der Waals surface area contributed by atoms with Gasteiger partial charge < -0.3 is 0 Å². The molecule has 0 amide bonds. The van der Waals surface area contributed by atoms with E-state index < -0.39 is 10.1 Å². The van der Waals surface area contributed by atoms with Crippen molar-refractivity contribution in [2.75, 3.05) is 0 Å². The summed E-state index contributed by atoms with van der Waals surface area (Å²) in [6.45, 7) is 0. The Morgan fingerprint density at radius 3 is 2.41 bits per heavy atom. The minimum absolute atomic E-state index is 0.118. The highest BCUT2D eigenvalue weighted by Gasteiger charge is 2.12. The lowest BCUT2D eigenvalue weighted by Crippen LogP contribution is -2.00. The van der Waals surface area contributed by atoms with E-state index in [1.54, 1.807) is 30.4 Å². The van der Waals surface area contributed by atoms with Gasteiger partial charge >= 0.3 is 0 Å². The fourth-order valence-corrected chi connectivity index (χ4v) is 2.89. The molecule has 0 radical (unpaired) electrons. The van der Waals surface area contributed by atoms with E-state index in [-0.39, 0.29) is 4.90 Å². The number of para-hydroxylation sites is 1. The Hall–Kier alpha value is -2.50. The molecule has 110 valence electrons. The van der Waals surface area contributed by atoms with Gasteiger partial charge in [0.05, 0.1) is 11.2 Å². The van der Waals surface area contributed by atoms with E-state index in [0.29, 0.717) is 11.3 Å². The van der Waals surface area contributed by atoms with Gasteiger partial charge in [0.15, 0.2) is 0 Å². The summed E-state index contributed by atoms with van der Waals surface area (Å²) in [4.78, 5) is 4.36. The van der Waals surface area contributed by atoms with E-state index in [4.69, 9.17) is 0 Å². The van der Waals surface area contributed by atoms with Crippen molar-refractivity contribution in [1.29, 1.82) is 0 Å². The third kappa shape index (κ3) is 3.05. The largest absolute Gasteiger partial charge is 0.295 e. The molecule has 0 aliphatic rings. The summed E-state index contributed by atoms with van der Waals surface area (Å²) in [5.74, 6) is 0. The van der Waals surface area contributed by atoms with Crippen LogP contribution in [0.3, 0.4) is 0 Å². The molecule has 1 N–H and O–H groups in total. The third-order valence-corrected chi connectivity index (χ3v) is 4.18. The molecule has 4 nitrogen and oxygen atoms in total. The zero-order chi connectivity index (χ0) is 15.6. The highest BCUT2D eigenvalue weighted by atomic mass is 32.2. The molecule has 0 saturated heterocycles. The van der Waals surface area contributed by atoms with Gasteiger partial charge in [-0.25, -0.2) is 4.98 Å². The molecule has 22 heavy (non-hydrogen) atoms. The van der Waals surface area contributed by atoms with Crippen molar-refractivity contribution in [3.8, 4) is 0 Å². The van der Waals surface area contributed by atoms with Crippen LogP contribution >= 0.6 is 0 Å². The van der Waals surface area contributed by atoms with Crippen molar-refractivity contribution < 1.29 is 13.0 Å². The molecule has 0 aliphatic carbocycles.